The van der Waals surface area contributed by atoms with E-state index in [9.17, 15) is 14.4 Å². The normalized spacial score (nSPS) is 31.3. The maximum absolute atomic E-state index is 13.7. The van der Waals surface area contributed by atoms with Crippen LogP contribution < -0.4 is 5.32 Å². The third-order valence-electron chi connectivity index (χ3n) is 8.18. The molecule has 1 saturated heterocycles. The second-order valence-corrected chi connectivity index (χ2v) is 11.2. The van der Waals surface area contributed by atoms with E-state index < -0.39 is 6.04 Å². The standard InChI is InChI=1S/C27H24BrClN2O3/c1-13-20(10-9-19(28)24(13)29)30-25(32)21(11-14-5-3-2-4-6-14)31-26(33)22-15-7-8-16(18-12-17(15)18)23(22)27(31)34/h2-10,15-18,21-23H,11-12H2,1H3,(H,30,32)/t15-,16-,17-,18-,21+,22-,23+/m1/s1. The molecule has 4 aliphatic carbocycles. The molecule has 5 nitrogen and oxygen atoms in total. The largest absolute Gasteiger partial charge is 0.324 e. The Morgan fingerprint density at radius 3 is 2.29 bits per heavy atom. The molecule has 2 aromatic carbocycles. The van der Waals surface area contributed by atoms with Gasteiger partial charge in [-0.05, 0) is 76.2 Å². The zero-order chi connectivity index (χ0) is 23.7. The van der Waals surface area contributed by atoms with E-state index in [0.29, 0.717) is 22.5 Å². The minimum absolute atomic E-state index is 0.120. The Balaban J connectivity index is 1.34. The molecule has 7 atom stereocenters. The number of nitrogens with zero attached hydrogens (tertiary/aromatic N) is 1. The van der Waals surface area contributed by atoms with Crippen LogP contribution in [0, 0.1) is 42.4 Å². The Bertz CT molecular complexity index is 1210. The highest BCUT2D eigenvalue weighted by molar-refractivity contribution is 9.10. The van der Waals surface area contributed by atoms with Crippen LogP contribution in [0.25, 0.3) is 0 Å². The molecule has 0 aromatic heterocycles. The van der Waals surface area contributed by atoms with Crippen molar-refractivity contribution in [3.8, 4) is 0 Å². The molecule has 1 N–H and O–H groups in total. The van der Waals surface area contributed by atoms with Gasteiger partial charge in [0.2, 0.25) is 17.7 Å². The van der Waals surface area contributed by atoms with Gasteiger partial charge in [-0.2, -0.15) is 0 Å². The number of anilines is 1. The van der Waals surface area contributed by atoms with Gasteiger partial charge in [-0.3, -0.25) is 19.3 Å². The van der Waals surface area contributed by atoms with Crippen LogP contribution in [0.5, 0.6) is 0 Å². The minimum atomic E-state index is -0.925. The Morgan fingerprint density at radius 2 is 1.68 bits per heavy atom. The van der Waals surface area contributed by atoms with Crippen molar-refractivity contribution in [3.63, 3.8) is 0 Å². The summed E-state index contributed by atoms with van der Waals surface area (Å²) in [6.07, 6.45) is 5.66. The van der Waals surface area contributed by atoms with E-state index in [-0.39, 0.29) is 47.8 Å². The van der Waals surface area contributed by atoms with Crippen molar-refractivity contribution in [1.29, 1.82) is 0 Å². The fourth-order valence-electron chi connectivity index (χ4n) is 6.43. The number of likely N-dealkylation sites (tertiary alicyclic amines) is 1. The highest BCUT2D eigenvalue weighted by Crippen LogP contribution is 2.65. The second-order valence-electron chi connectivity index (χ2n) is 9.93. The van der Waals surface area contributed by atoms with Crippen LogP contribution in [0.2, 0.25) is 5.02 Å². The van der Waals surface area contributed by atoms with Gasteiger partial charge in [0.25, 0.3) is 0 Å². The van der Waals surface area contributed by atoms with Crippen LogP contribution in [0.4, 0.5) is 5.69 Å². The summed E-state index contributed by atoms with van der Waals surface area (Å²) in [5, 5.41) is 3.46. The molecule has 1 heterocycles. The summed E-state index contributed by atoms with van der Waals surface area (Å²) in [4.78, 5) is 42.4. The number of carbonyl (C=O) groups is 3. The number of imide groups is 1. The van der Waals surface area contributed by atoms with Gasteiger partial charge in [-0.1, -0.05) is 54.1 Å². The summed E-state index contributed by atoms with van der Waals surface area (Å²) < 4.78 is 0.737. The molecule has 7 rings (SSSR count). The number of hydrogen-bond acceptors (Lipinski definition) is 3. The number of amides is 3. The van der Waals surface area contributed by atoms with Crippen LogP contribution in [0.15, 0.2) is 59.1 Å². The van der Waals surface area contributed by atoms with E-state index in [4.69, 9.17) is 11.6 Å². The number of halogens is 2. The summed E-state index contributed by atoms with van der Waals surface area (Å²) >= 11 is 9.77. The number of allylic oxidation sites excluding steroid dienone is 2. The van der Waals surface area contributed by atoms with Gasteiger partial charge in [0.1, 0.15) is 6.04 Å². The first-order valence-corrected chi connectivity index (χ1v) is 12.9. The smallest absolute Gasteiger partial charge is 0.248 e. The lowest BCUT2D eigenvalue weighted by Gasteiger charge is -2.37. The molecule has 3 amide bonds. The van der Waals surface area contributed by atoms with Crippen LogP contribution in [0.1, 0.15) is 17.5 Å². The number of carbonyl (C=O) groups excluding carboxylic acids is 3. The molecule has 2 bridgehead atoms. The predicted octanol–water partition coefficient (Wildman–Crippen LogP) is 5.01. The molecule has 34 heavy (non-hydrogen) atoms. The van der Waals surface area contributed by atoms with Gasteiger partial charge in [0, 0.05) is 16.6 Å². The summed E-state index contributed by atoms with van der Waals surface area (Å²) in [6, 6.07) is 12.2. The molecule has 2 saturated carbocycles. The second kappa shape index (κ2) is 8.06. The third-order valence-corrected chi connectivity index (χ3v) is 9.56. The van der Waals surface area contributed by atoms with Gasteiger partial charge in [0.15, 0.2) is 0 Å². The van der Waals surface area contributed by atoms with E-state index in [1.165, 1.54) is 4.90 Å². The fourth-order valence-corrected chi connectivity index (χ4v) is 7.02. The monoisotopic (exact) mass is 538 g/mol. The number of hydrogen-bond donors (Lipinski definition) is 1. The lowest BCUT2D eigenvalue weighted by atomic mass is 9.63. The highest BCUT2D eigenvalue weighted by atomic mass is 79.9. The van der Waals surface area contributed by atoms with Crippen molar-refractivity contribution < 1.29 is 14.4 Å². The Hall–Kier alpha value is -2.44. The molecule has 1 aliphatic heterocycles. The van der Waals surface area contributed by atoms with E-state index in [0.717, 1.165) is 22.0 Å². The van der Waals surface area contributed by atoms with Crippen LogP contribution >= 0.6 is 27.5 Å². The average Bonchev–Trinajstić information content (AvgIpc) is 3.62. The lowest BCUT2D eigenvalue weighted by Crippen LogP contribution is -2.49. The topological polar surface area (TPSA) is 66.5 Å². The molecule has 0 radical (unpaired) electrons. The van der Waals surface area contributed by atoms with Crippen molar-refractivity contribution in [3.05, 3.63) is 75.2 Å². The quantitative estimate of drug-likeness (QED) is 0.429. The van der Waals surface area contributed by atoms with Crippen molar-refractivity contribution in [2.45, 2.75) is 25.8 Å². The molecule has 7 heteroatoms. The number of nitrogens with one attached hydrogen (secondary N) is 1. The SMILES string of the molecule is Cc1c(NC(=O)[C@H](Cc2ccccc2)N2C(=O)[C@@H]3[C@@H]4C=C[C@H]([C@H]5C[C@H]45)[C@@H]3C2=O)ccc(Br)c1Cl. The summed E-state index contributed by atoms with van der Waals surface area (Å²) in [7, 11) is 0. The summed E-state index contributed by atoms with van der Waals surface area (Å²) in [5.74, 6) is -0.158. The van der Waals surface area contributed by atoms with E-state index in [1.807, 2.05) is 37.3 Å². The summed E-state index contributed by atoms with van der Waals surface area (Å²) in [6.45, 7) is 1.82. The Labute approximate surface area is 211 Å². The average molecular weight is 540 g/mol. The van der Waals surface area contributed by atoms with Crippen molar-refractivity contribution in [2.24, 2.45) is 35.5 Å². The number of rotatable bonds is 5. The molecule has 5 aliphatic rings. The predicted molar refractivity (Wildman–Crippen MR) is 133 cm³/mol. The Kier molecular flexibility index (Phi) is 5.23. The van der Waals surface area contributed by atoms with Crippen LogP contribution in [-0.4, -0.2) is 28.7 Å². The molecule has 3 fully saturated rings. The summed E-state index contributed by atoms with van der Waals surface area (Å²) in [5.41, 5.74) is 2.18. The van der Waals surface area contributed by atoms with Crippen molar-refractivity contribution >= 4 is 50.9 Å². The fraction of sp³-hybridized carbons (Fsp3) is 0.370. The molecule has 0 spiro atoms. The van der Waals surface area contributed by atoms with Gasteiger partial charge >= 0.3 is 0 Å². The zero-order valence-corrected chi connectivity index (χ0v) is 20.9. The maximum Gasteiger partial charge on any atom is 0.248 e. The van der Waals surface area contributed by atoms with Gasteiger partial charge < -0.3 is 5.32 Å². The maximum atomic E-state index is 13.7. The van der Waals surface area contributed by atoms with Gasteiger partial charge in [-0.15, -0.1) is 0 Å². The lowest BCUT2D eigenvalue weighted by molar-refractivity contribution is -0.146. The molecule has 174 valence electrons. The molecule has 0 unspecified atom stereocenters. The van der Waals surface area contributed by atoms with Crippen LogP contribution in [-0.2, 0) is 20.8 Å². The first-order valence-electron chi connectivity index (χ1n) is 11.7. The van der Waals surface area contributed by atoms with Crippen molar-refractivity contribution in [1.82, 2.24) is 4.90 Å². The first-order chi connectivity index (χ1) is 16.4. The molecular formula is C27H24BrClN2O3. The zero-order valence-electron chi connectivity index (χ0n) is 18.6. The van der Waals surface area contributed by atoms with Crippen LogP contribution in [0.3, 0.4) is 0 Å². The number of benzene rings is 2. The highest BCUT2D eigenvalue weighted by Gasteiger charge is 2.67. The third kappa shape index (κ3) is 3.29. The van der Waals surface area contributed by atoms with Gasteiger partial charge in [0.05, 0.1) is 16.9 Å². The van der Waals surface area contributed by atoms with Gasteiger partial charge in [-0.25, -0.2) is 0 Å². The van der Waals surface area contributed by atoms with Crippen molar-refractivity contribution in [2.75, 3.05) is 5.32 Å². The van der Waals surface area contributed by atoms with E-state index >= 15 is 0 Å². The minimum Gasteiger partial charge on any atom is -0.324 e. The molecule has 2 aromatic rings. The van der Waals surface area contributed by atoms with E-state index in [2.05, 4.69) is 33.4 Å². The first kappa shape index (κ1) is 22.1. The van der Waals surface area contributed by atoms with E-state index in [1.54, 1.807) is 12.1 Å². The molecular weight excluding hydrogens is 516 g/mol. The Morgan fingerprint density at radius 1 is 1.06 bits per heavy atom.